The highest BCUT2D eigenvalue weighted by atomic mass is 16.5. The molecule has 5 nitrogen and oxygen atoms in total. The van der Waals surface area contributed by atoms with E-state index in [9.17, 15) is 9.59 Å². The van der Waals surface area contributed by atoms with Gasteiger partial charge in [-0.25, -0.2) is 9.59 Å². The van der Waals surface area contributed by atoms with Crippen LogP contribution in [0.3, 0.4) is 0 Å². The number of ether oxygens (including phenoxy) is 2. The third-order valence-corrected chi connectivity index (χ3v) is 3.36. The minimum atomic E-state index is -0.615. The summed E-state index contributed by atoms with van der Waals surface area (Å²) in [7, 11) is 2.70. The summed E-state index contributed by atoms with van der Waals surface area (Å²) in [6.07, 6.45) is 0. The number of esters is 1. The monoisotopic (exact) mass is 284 g/mol. The first-order chi connectivity index (χ1) is 10.2. The van der Waals surface area contributed by atoms with Crippen molar-refractivity contribution in [3.63, 3.8) is 0 Å². The number of benzene rings is 2. The van der Waals surface area contributed by atoms with E-state index in [-0.39, 0.29) is 11.1 Å². The Morgan fingerprint density at radius 3 is 2.38 bits per heavy atom. The average Bonchev–Trinajstić information content (AvgIpc) is 2.53. The van der Waals surface area contributed by atoms with E-state index >= 15 is 0 Å². The van der Waals surface area contributed by atoms with E-state index in [1.54, 1.807) is 24.3 Å². The van der Waals surface area contributed by atoms with E-state index in [1.807, 2.05) is 12.1 Å². The van der Waals surface area contributed by atoms with Crippen LogP contribution in [0.15, 0.2) is 45.6 Å². The molecule has 0 atom stereocenters. The minimum absolute atomic E-state index is 0.111. The Balaban J connectivity index is 2.54. The molecule has 1 heterocycles. The van der Waals surface area contributed by atoms with Crippen LogP contribution in [0.2, 0.25) is 0 Å². The number of fused-ring (bicyclic) bond motifs is 3. The molecule has 0 saturated carbocycles. The van der Waals surface area contributed by atoms with E-state index in [4.69, 9.17) is 13.9 Å². The molecule has 0 radical (unpaired) electrons. The Labute approximate surface area is 119 Å². The normalized spacial score (nSPS) is 10.8. The molecule has 2 aromatic carbocycles. The van der Waals surface area contributed by atoms with Crippen molar-refractivity contribution in [2.75, 3.05) is 14.2 Å². The Kier molecular flexibility index (Phi) is 3.10. The van der Waals surface area contributed by atoms with Gasteiger partial charge in [-0.2, -0.15) is 0 Å². The first-order valence-electron chi connectivity index (χ1n) is 6.28. The van der Waals surface area contributed by atoms with Gasteiger partial charge < -0.3 is 13.9 Å². The predicted octanol–water partition coefficient (Wildman–Crippen LogP) is 2.74. The molecule has 3 rings (SSSR count). The number of carbonyl (C=O) groups is 1. The van der Waals surface area contributed by atoms with Crippen LogP contribution >= 0.6 is 0 Å². The smallest absolute Gasteiger partial charge is 0.345 e. The summed E-state index contributed by atoms with van der Waals surface area (Å²) in [5.74, 6) is -0.316. The fraction of sp³-hybridized carbons (Fsp3) is 0.125. The molecular weight excluding hydrogens is 272 g/mol. The van der Waals surface area contributed by atoms with E-state index in [0.717, 1.165) is 5.39 Å². The van der Waals surface area contributed by atoms with E-state index in [0.29, 0.717) is 16.5 Å². The Morgan fingerprint density at radius 2 is 1.71 bits per heavy atom. The summed E-state index contributed by atoms with van der Waals surface area (Å²) in [5.41, 5.74) is -0.221. The van der Waals surface area contributed by atoms with Gasteiger partial charge in [-0.1, -0.05) is 18.2 Å². The van der Waals surface area contributed by atoms with Crippen molar-refractivity contribution >= 4 is 27.7 Å². The van der Waals surface area contributed by atoms with Gasteiger partial charge in [-0.15, -0.1) is 0 Å². The molecule has 0 unspecified atom stereocenters. The van der Waals surface area contributed by atoms with Gasteiger partial charge in [0, 0.05) is 5.39 Å². The van der Waals surface area contributed by atoms with Crippen molar-refractivity contribution in [2.45, 2.75) is 0 Å². The fourth-order valence-corrected chi connectivity index (χ4v) is 2.39. The van der Waals surface area contributed by atoms with Crippen LogP contribution in [0, 0.1) is 0 Å². The minimum Gasteiger partial charge on any atom is -0.496 e. The zero-order chi connectivity index (χ0) is 15.0. The summed E-state index contributed by atoms with van der Waals surface area (Å²) in [4.78, 5) is 24.1. The van der Waals surface area contributed by atoms with E-state index in [1.165, 1.54) is 14.2 Å². The van der Waals surface area contributed by atoms with Crippen molar-refractivity contribution in [3.05, 3.63) is 52.4 Å². The van der Waals surface area contributed by atoms with Gasteiger partial charge in [0.1, 0.15) is 11.3 Å². The SMILES string of the molecule is COC(=O)c1c(OC)ccc2c1oc(=O)c1ccccc12. The highest BCUT2D eigenvalue weighted by Crippen LogP contribution is 2.31. The Bertz CT molecular complexity index is 908. The lowest BCUT2D eigenvalue weighted by Crippen LogP contribution is -2.08. The van der Waals surface area contributed by atoms with Gasteiger partial charge in [0.2, 0.25) is 0 Å². The van der Waals surface area contributed by atoms with Crippen molar-refractivity contribution in [1.29, 1.82) is 0 Å². The fourth-order valence-electron chi connectivity index (χ4n) is 2.39. The summed E-state index contributed by atoms with van der Waals surface area (Å²) < 4.78 is 15.3. The molecule has 0 N–H and O–H groups in total. The molecule has 0 saturated heterocycles. The second-order valence-electron chi connectivity index (χ2n) is 4.45. The number of hydrogen-bond donors (Lipinski definition) is 0. The highest BCUT2D eigenvalue weighted by Gasteiger charge is 2.21. The zero-order valence-corrected chi connectivity index (χ0v) is 11.5. The molecule has 0 spiro atoms. The molecule has 0 aliphatic heterocycles. The quantitative estimate of drug-likeness (QED) is 0.411. The third kappa shape index (κ3) is 1.94. The van der Waals surface area contributed by atoms with Gasteiger partial charge in [0.15, 0.2) is 5.58 Å². The molecular formula is C16H12O5. The first-order valence-corrected chi connectivity index (χ1v) is 6.28. The van der Waals surface area contributed by atoms with Crippen molar-refractivity contribution in [3.8, 4) is 5.75 Å². The van der Waals surface area contributed by atoms with Gasteiger partial charge in [-0.05, 0) is 23.6 Å². The van der Waals surface area contributed by atoms with Crippen LogP contribution in [0.25, 0.3) is 21.7 Å². The van der Waals surface area contributed by atoms with Gasteiger partial charge in [-0.3, -0.25) is 0 Å². The van der Waals surface area contributed by atoms with Gasteiger partial charge in [0.05, 0.1) is 19.6 Å². The maximum absolute atomic E-state index is 12.1. The van der Waals surface area contributed by atoms with Crippen molar-refractivity contribution in [2.24, 2.45) is 0 Å². The van der Waals surface area contributed by atoms with Crippen molar-refractivity contribution < 1.29 is 18.7 Å². The van der Waals surface area contributed by atoms with Crippen LogP contribution < -0.4 is 10.4 Å². The predicted molar refractivity (Wildman–Crippen MR) is 77.9 cm³/mol. The van der Waals surface area contributed by atoms with Crippen LogP contribution in [0.1, 0.15) is 10.4 Å². The maximum Gasteiger partial charge on any atom is 0.345 e. The molecule has 21 heavy (non-hydrogen) atoms. The highest BCUT2D eigenvalue weighted by molar-refractivity contribution is 6.12. The van der Waals surface area contributed by atoms with E-state index in [2.05, 4.69) is 0 Å². The lowest BCUT2D eigenvalue weighted by Gasteiger charge is -2.10. The molecule has 1 aromatic heterocycles. The maximum atomic E-state index is 12.1. The zero-order valence-electron chi connectivity index (χ0n) is 11.5. The molecule has 106 valence electrons. The van der Waals surface area contributed by atoms with Gasteiger partial charge in [0.25, 0.3) is 0 Å². The first kappa shape index (κ1) is 13.2. The lowest BCUT2D eigenvalue weighted by atomic mass is 10.0. The number of carbonyl (C=O) groups excluding carboxylic acids is 1. The third-order valence-electron chi connectivity index (χ3n) is 3.36. The largest absolute Gasteiger partial charge is 0.496 e. The number of hydrogen-bond acceptors (Lipinski definition) is 5. The second-order valence-corrected chi connectivity index (χ2v) is 4.45. The van der Waals surface area contributed by atoms with E-state index < -0.39 is 11.6 Å². The molecule has 0 aliphatic carbocycles. The van der Waals surface area contributed by atoms with Crippen LogP contribution in [-0.2, 0) is 4.74 Å². The second kappa shape index (κ2) is 4.94. The summed E-state index contributed by atoms with van der Waals surface area (Å²) in [6, 6.07) is 10.5. The Hall–Kier alpha value is -2.82. The van der Waals surface area contributed by atoms with Crippen LogP contribution in [-0.4, -0.2) is 20.2 Å². The van der Waals surface area contributed by atoms with Gasteiger partial charge >= 0.3 is 11.6 Å². The Morgan fingerprint density at radius 1 is 1.00 bits per heavy atom. The average molecular weight is 284 g/mol. The standard InChI is InChI=1S/C16H12O5/c1-19-12-8-7-10-9-5-3-4-6-11(9)15(17)21-14(10)13(12)16(18)20-2/h3-8H,1-2H3. The molecule has 5 heteroatoms. The van der Waals surface area contributed by atoms with Crippen LogP contribution in [0.4, 0.5) is 0 Å². The molecule has 0 bridgehead atoms. The summed E-state index contributed by atoms with van der Waals surface area (Å²) in [6.45, 7) is 0. The molecule has 0 amide bonds. The number of rotatable bonds is 2. The molecule has 3 aromatic rings. The summed E-state index contributed by atoms with van der Waals surface area (Å²) >= 11 is 0. The summed E-state index contributed by atoms with van der Waals surface area (Å²) in [5, 5.41) is 1.84. The van der Waals surface area contributed by atoms with Crippen LogP contribution in [0.5, 0.6) is 5.75 Å². The lowest BCUT2D eigenvalue weighted by molar-refractivity contribution is 0.0598. The topological polar surface area (TPSA) is 65.7 Å². The number of methoxy groups -OCH3 is 2. The molecule has 0 fully saturated rings. The van der Waals surface area contributed by atoms with Crippen molar-refractivity contribution in [1.82, 2.24) is 0 Å². The molecule has 0 aliphatic rings.